The maximum Gasteiger partial charge on any atom is 0.165 e. The van der Waals surface area contributed by atoms with Crippen molar-refractivity contribution in [1.82, 2.24) is 24.8 Å². The van der Waals surface area contributed by atoms with E-state index in [1.165, 1.54) is 0 Å². The number of rotatable bonds is 6. The van der Waals surface area contributed by atoms with Crippen LogP contribution in [-0.4, -0.2) is 56.4 Å². The molecule has 24 heavy (non-hydrogen) atoms. The first-order valence-corrected chi connectivity index (χ1v) is 8.85. The van der Waals surface area contributed by atoms with Crippen LogP contribution < -0.4 is 10.2 Å². The van der Waals surface area contributed by atoms with Crippen molar-refractivity contribution in [3.8, 4) is 0 Å². The summed E-state index contributed by atoms with van der Waals surface area (Å²) in [6.07, 6.45) is 5.25. The molecule has 0 spiro atoms. The average Bonchev–Trinajstić information content (AvgIpc) is 3.03. The second kappa shape index (κ2) is 7.03. The van der Waals surface area contributed by atoms with E-state index < -0.39 is 0 Å². The first-order chi connectivity index (χ1) is 11.6. The minimum absolute atomic E-state index is 0.171. The summed E-state index contributed by atoms with van der Waals surface area (Å²) in [7, 11) is 0. The number of hydrogen-bond donors (Lipinski definition) is 2. The summed E-state index contributed by atoms with van der Waals surface area (Å²) in [5.74, 6) is 1.48. The lowest BCUT2D eigenvalue weighted by Gasteiger charge is -2.42. The fourth-order valence-electron chi connectivity index (χ4n) is 3.29. The number of piperidine rings is 1. The molecule has 0 unspecified atom stereocenters. The third-order valence-corrected chi connectivity index (χ3v) is 4.93. The highest BCUT2D eigenvalue weighted by molar-refractivity contribution is 5.83. The van der Waals surface area contributed by atoms with Crippen molar-refractivity contribution in [2.24, 2.45) is 5.92 Å². The Hall–Kier alpha value is -1.73. The number of aliphatic hydroxyl groups is 1. The number of anilines is 1. The summed E-state index contributed by atoms with van der Waals surface area (Å²) in [5.41, 5.74) is 1.58. The van der Waals surface area contributed by atoms with Crippen LogP contribution in [0.4, 0.5) is 5.82 Å². The van der Waals surface area contributed by atoms with E-state index >= 15 is 0 Å². The van der Waals surface area contributed by atoms with Gasteiger partial charge in [-0.2, -0.15) is 0 Å². The van der Waals surface area contributed by atoms with Crippen LogP contribution in [0.25, 0.3) is 11.2 Å². The van der Waals surface area contributed by atoms with E-state index in [0.29, 0.717) is 5.92 Å². The van der Waals surface area contributed by atoms with Gasteiger partial charge < -0.3 is 19.9 Å². The van der Waals surface area contributed by atoms with Crippen molar-refractivity contribution in [3.05, 3.63) is 12.7 Å². The van der Waals surface area contributed by atoms with Crippen LogP contribution in [0.5, 0.6) is 0 Å². The molecule has 132 valence electrons. The molecular weight excluding hydrogens is 304 g/mol. The van der Waals surface area contributed by atoms with Crippen LogP contribution in [-0.2, 0) is 6.54 Å². The SMILES string of the molecule is CCn1cnc2c(N3CCC(CO)(NCC(C)C)CC3)ncnc21. The number of nitrogens with one attached hydrogen (secondary N) is 1. The van der Waals surface area contributed by atoms with E-state index in [0.717, 1.165) is 56.0 Å². The number of aliphatic hydroxyl groups excluding tert-OH is 1. The fourth-order valence-corrected chi connectivity index (χ4v) is 3.29. The van der Waals surface area contributed by atoms with Gasteiger partial charge >= 0.3 is 0 Å². The molecule has 0 atom stereocenters. The smallest absolute Gasteiger partial charge is 0.165 e. The lowest BCUT2D eigenvalue weighted by Crippen LogP contribution is -2.56. The van der Waals surface area contributed by atoms with E-state index in [2.05, 4.69) is 45.9 Å². The average molecular weight is 332 g/mol. The minimum atomic E-state index is -0.171. The molecule has 2 aromatic heterocycles. The van der Waals surface area contributed by atoms with Crippen LogP contribution in [0.3, 0.4) is 0 Å². The monoisotopic (exact) mass is 332 g/mol. The Labute approximate surface area is 143 Å². The Morgan fingerprint density at radius 1 is 1.25 bits per heavy atom. The van der Waals surface area contributed by atoms with Gasteiger partial charge in [-0.25, -0.2) is 15.0 Å². The molecule has 0 aliphatic carbocycles. The quantitative estimate of drug-likeness (QED) is 0.833. The number of fused-ring (bicyclic) bond motifs is 1. The molecule has 3 rings (SSSR count). The van der Waals surface area contributed by atoms with Crippen molar-refractivity contribution >= 4 is 17.0 Å². The minimum Gasteiger partial charge on any atom is -0.394 e. The van der Waals surface area contributed by atoms with Gasteiger partial charge in [0.2, 0.25) is 0 Å². The third kappa shape index (κ3) is 3.23. The lowest BCUT2D eigenvalue weighted by molar-refractivity contribution is 0.130. The highest BCUT2D eigenvalue weighted by Crippen LogP contribution is 2.28. The highest BCUT2D eigenvalue weighted by Gasteiger charge is 2.34. The van der Waals surface area contributed by atoms with Gasteiger partial charge in [0.15, 0.2) is 17.0 Å². The van der Waals surface area contributed by atoms with Gasteiger partial charge in [-0.05, 0) is 32.2 Å². The van der Waals surface area contributed by atoms with E-state index in [1.54, 1.807) is 6.33 Å². The molecule has 0 aromatic carbocycles. The second-order valence-electron chi connectivity index (χ2n) is 7.10. The zero-order valence-electron chi connectivity index (χ0n) is 14.9. The second-order valence-corrected chi connectivity index (χ2v) is 7.10. The standard InChI is InChI=1S/C17H28N6O/c1-4-22-12-20-14-15(22)18-11-19-16(14)23-7-5-17(10-24,6-8-23)21-9-13(2)3/h11-13,21,24H,4-10H2,1-3H3. The summed E-state index contributed by atoms with van der Waals surface area (Å²) in [5, 5.41) is 13.5. The Bertz CT molecular complexity index is 675. The van der Waals surface area contributed by atoms with Gasteiger partial charge in [-0.15, -0.1) is 0 Å². The van der Waals surface area contributed by atoms with E-state index in [-0.39, 0.29) is 12.1 Å². The van der Waals surface area contributed by atoms with Gasteiger partial charge in [0, 0.05) is 25.2 Å². The summed E-state index contributed by atoms with van der Waals surface area (Å²) < 4.78 is 2.03. The molecule has 1 saturated heterocycles. The lowest BCUT2D eigenvalue weighted by atomic mass is 9.87. The predicted molar refractivity (Wildman–Crippen MR) is 95.1 cm³/mol. The van der Waals surface area contributed by atoms with Crippen LogP contribution in [0, 0.1) is 5.92 Å². The fraction of sp³-hybridized carbons (Fsp3) is 0.706. The Morgan fingerprint density at radius 3 is 2.62 bits per heavy atom. The Kier molecular flexibility index (Phi) is 5.01. The maximum absolute atomic E-state index is 9.90. The molecule has 7 nitrogen and oxygen atoms in total. The summed E-state index contributed by atoms with van der Waals surface area (Å²) in [6.45, 7) is 10.1. The van der Waals surface area contributed by atoms with Crippen LogP contribution in [0.2, 0.25) is 0 Å². The molecular formula is C17H28N6O. The van der Waals surface area contributed by atoms with Gasteiger partial charge in [0.1, 0.15) is 6.33 Å². The summed E-state index contributed by atoms with van der Waals surface area (Å²) >= 11 is 0. The molecule has 7 heteroatoms. The van der Waals surface area contributed by atoms with Crippen LogP contribution >= 0.6 is 0 Å². The molecule has 0 bridgehead atoms. The molecule has 1 fully saturated rings. The zero-order valence-corrected chi connectivity index (χ0v) is 14.9. The molecule has 1 aliphatic heterocycles. The normalized spacial score (nSPS) is 17.8. The van der Waals surface area contributed by atoms with Gasteiger partial charge in [0.05, 0.1) is 12.9 Å². The molecule has 3 heterocycles. The molecule has 0 saturated carbocycles. The van der Waals surface area contributed by atoms with Gasteiger partial charge in [0.25, 0.3) is 0 Å². The Morgan fingerprint density at radius 2 is 2.00 bits per heavy atom. The first kappa shape index (κ1) is 17.1. The molecule has 2 aromatic rings. The van der Waals surface area contributed by atoms with Crippen molar-refractivity contribution in [1.29, 1.82) is 0 Å². The van der Waals surface area contributed by atoms with E-state index in [4.69, 9.17) is 0 Å². The van der Waals surface area contributed by atoms with Gasteiger partial charge in [-0.3, -0.25) is 0 Å². The largest absolute Gasteiger partial charge is 0.394 e. The van der Waals surface area contributed by atoms with Crippen molar-refractivity contribution in [2.75, 3.05) is 31.1 Å². The molecule has 0 radical (unpaired) electrons. The van der Waals surface area contributed by atoms with Crippen LogP contribution in [0.1, 0.15) is 33.6 Å². The molecule has 1 aliphatic rings. The predicted octanol–water partition coefficient (Wildman–Crippen LogP) is 1.42. The molecule has 2 N–H and O–H groups in total. The van der Waals surface area contributed by atoms with Crippen molar-refractivity contribution < 1.29 is 5.11 Å². The topological polar surface area (TPSA) is 79.1 Å². The number of imidazole rings is 1. The molecule has 0 amide bonds. The maximum atomic E-state index is 9.90. The highest BCUT2D eigenvalue weighted by atomic mass is 16.3. The number of aromatic nitrogens is 4. The summed E-state index contributed by atoms with van der Waals surface area (Å²) in [6, 6.07) is 0. The number of nitrogens with zero attached hydrogens (tertiary/aromatic N) is 5. The van der Waals surface area contributed by atoms with E-state index in [1.807, 2.05) is 10.9 Å². The van der Waals surface area contributed by atoms with E-state index in [9.17, 15) is 5.11 Å². The summed E-state index contributed by atoms with van der Waals surface area (Å²) in [4.78, 5) is 15.6. The zero-order chi connectivity index (χ0) is 17.2. The Balaban J connectivity index is 1.76. The van der Waals surface area contributed by atoms with Gasteiger partial charge in [-0.1, -0.05) is 13.8 Å². The van der Waals surface area contributed by atoms with Crippen molar-refractivity contribution in [3.63, 3.8) is 0 Å². The number of hydrogen-bond acceptors (Lipinski definition) is 6. The van der Waals surface area contributed by atoms with Crippen molar-refractivity contribution in [2.45, 2.75) is 45.7 Å². The first-order valence-electron chi connectivity index (χ1n) is 8.85. The van der Waals surface area contributed by atoms with Crippen LogP contribution in [0.15, 0.2) is 12.7 Å². The third-order valence-electron chi connectivity index (χ3n) is 4.93. The number of aryl methyl sites for hydroxylation is 1.